The van der Waals surface area contributed by atoms with Gasteiger partial charge in [-0.2, -0.15) is 5.10 Å². The minimum absolute atomic E-state index is 0.0854. The maximum absolute atomic E-state index is 12.9. The lowest BCUT2D eigenvalue weighted by Crippen LogP contribution is -2.42. The van der Waals surface area contributed by atoms with E-state index in [2.05, 4.69) is 22.2 Å². The molecule has 1 saturated heterocycles. The molecule has 1 aliphatic heterocycles. The number of anilines is 2. The van der Waals surface area contributed by atoms with E-state index in [4.69, 9.17) is 17.3 Å². The van der Waals surface area contributed by atoms with E-state index in [1.807, 2.05) is 16.8 Å². The van der Waals surface area contributed by atoms with Crippen molar-refractivity contribution in [3.05, 3.63) is 41.0 Å². The van der Waals surface area contributed by atoms with Crippen LogP contribution >= 0.6 is 11.6 Å². The summed E-state index contributed by atoms with van der Waals surface area (Å²) in [6.45, 7) is 3.96. The fourth-order valence-corrected chi connectivity index (χ4v) is 5.00. The predicted molar refractivity (Wildman–Crippen MR) is 121 cm³/mol. The summed E-state index contributed by atoms with van der Waals surface area (Å²) >= 11 is 5.95. The van der Waals surface area contributed by atoms with E-state index < -0.39 is 5.91 Å². The zero-order valence-electron chi connectivity index (χ0n) is 17.9. The molecule has 0 bridgehead atoms. The van der Waals surface area contributed by atoms with Gasteiger partial charge in [0, 0.05) is 35.9 Å². The predicted octanol–water partition coefficient (Wildman–Crippen LogP) is 4.37. The third-order valence-electron chi connectivity index (χ3n) is 6.59. The minimum atomic E-state index is -0.524. The number of nitrogens with one attached hydrogen (secondary N) is 1. The summed E-state index contributed by atoms with van der Waals surface area (Å²) < 4.78 is 1.85. The second-order valence-electron chi connectivity index (χ2n) is 8.81. The number of amides is 2. The van der Waals surface area contributed by atoms with Gasteiger partial charge in [-0.3, -0.25) is 14.3 Å². The first kappa shape index (κ1) is 21.7. The van der Waals surface area contributed by atoms with Crippen LogP contribution in [0.4, 0.5) is 11.5 Å². The van der Waals surface area contributed by atoms with E-state index in [0.29, 0.717) is 22.3 Å². The zero-order valence-corrected chi connectivity index (χ0v) is 18.6. The average molecular weight is 444 g/mol. The van der Waals surface area contributed by atoms with Gasteiger partial charge in [-0.05, 0) is 68.7 Å². The van der Waals surface area contributed by atoms with Gasteiger partial charge in [0.2, 0.25) is 5.91 Å². The van der Waals surface area contributed by atoms with E-state index in [-0.39, 0.29) is 17.9 Å². The normalized spacial score (nSPS) is 24.1. The Bertz CT molecular complexity index is 936. The van der Waals surface area contributed by atoms with Crippen LogP contribution in [-0.2, 0) is 4.79 Å². The highest BCUT2D eigenvalue weighted by Crippen LogP contribution is 2.38. The fraction of sp³-hybridized carbons (Fsp3) is 0.522. The van der Waals surface area contributed by atoms with Gasteiger partial charge in [-0.15, -0.1) is 0 Å². The highest BCUT2D eigenvalue weighted by atomic mass is 35.5. The SMILES string of the molecule is CC1CC(C(=O)N2CCCCC2)CCC1n1cc(C(N)=O)c(Nc2ccc(Cl)cc2)n1. The van der Waals surface area contributed by atoms with E-state index in [0.717, 1.165) is 50.9 Å². The van der Waals surface area contributed by atoms with Crippen molar-refractivity contribution in [2.75, 3.05) is 18.4 Å². The molecule has 2 heterocycles. The van der Waals surface area contributed by atoms with E-state index >= 15 is 0 Å². The number of hydrogen-bond acceptors (Lipinski definition) is 4. The number of carbonyl (C=O) groups is 2. The highest BCUT2D eigenvalue weighted by Gasteiger charge is 2.35. The van der Waals surface area contributed by atoms with Gasteiger partial charge in [0.15, 0.2) is 5.82 Å². The van der Waals surface area contributed by atoms with Crippen molar-refractivity contribution in [3.8, 4) is 0 Å². The van der Waals surface area contributed by atoms with Gasteiger partial charge in [0.25, 0.3) is 5.91 Å². The number of rotatable bonds is 5. The lowest BCUT2D eigenvalue weighted by molar-refractivity contribution is -0.138. The smallest absolute Gasteiger partial charge is 0.254 e. The molecule has 1 aliphatic carbocycles. The van der Waals surface area contributed by atoms with Crippen molar-refractivity contribution in [3.63, 3.8) is 0 Å². The molecule has 4 rings (SSSR count). The van der Waals surface area contributed by atoms with Gasteiger partial charge in [0.05, 0.1) is 6.04 Å². The topological polar surface area (TPSA) is 93.3 Å². The third-order valence-corrected chi connectivity index (χ3v) is 6.84. The summed E-state index contributed by atoms with van der Waals surface area (Å²) in [7, 11) is 0. The standard InChI is InChI=1S/C23H30ClN5O2/c1-15-13-16(23(31)28-11-3-2-4-12-28)5-10-20(15)29-14-19(21(25)30)22(27-29)26-18-8-6-17(24)7-9-18/h6-9,14-16,20H,2-5,10-13H2,1H3,(H2,25,30)(H,26,27). The van der Waals surface area contributed by atoms with Gasteiger partial charge in [-0.1, -0.05) is 18.5 Å². The van der Waals surface area contributed by atoms with Gasteiger partial charge in [0.1, 0.15) is 5.56 Å². The number of likely N-dealkylation sites (tertiary alicyclic amines) is 1. The number of benzene rings is 1. The maximum atomic E-state index is 12.9. The van der Waals surface area contributed by atoms with Crippen LogP contribution in [-0.4, -0.2) is 39.6 Å². The van der Waals surface area contributed by atoms with Crippen molar-refractivity contribution >= 4 is 34.9 Å². The van der Waals surface area contributed by atoms with E-state index in [1.165, 1.54) is 6.42 Å². The van der Waals surface area contributed by atoms with Crippen LogP contribution in [0.2, 0.25) is 5.02 Å². The van der Waals surface area contributed by atoms with Gasteiger partial charge < -0.3 is 16.0 Å². The third kappa shape index (κ3) is 4.87. The van der Waals surface area contributed by atoms with Gasteiger partial charge >= 0.3 is 0 Å². The van der Waals surface area contributed by atoms with Gasteiger partial charge in [-0.25, -0.2) is 0 Å². The van der Waals surface area contributed by atoms with Crippen LogP contribution < -0.4 is 11.1 Å². The number of carbonyl (C=O) groups excluding carboxylic acids is 2. The second kappa shape index (κ2) is 9.30. The van der Waals surface area contributed by atoms with Crippen molar-refractivity contribution < 1.29 is 9.59 Å². The lowest BCUT2D eigenvalue weighted by atomic mass is 9.78. The zero-order chi connectivity index (χ0) is 22.0. The van der Waals surface area contributed by atoms with Crippen molar-refractivity contribution in [2.45, 2.75) is 51.5 Å². The Hall–Kier alpha value is -2.54. The Morgan fingerprint density at radius 2 is 1.84 bits per heavy atom. The molecule has 1 aromatic carbocycles. The number of nitrogens with two attached hydrogens (primary N) is 1. The van der Waals surface area contributed by atoms with E-state index in [1.54, 1.807) is 18.3 Å². The molecule has 2 fully saturated rings. The van der Waals surface area contributed by atoms with Crippen LogP contribution in [0.25, 0.3) is 0 Å². The molecule has 3 atom stereocenters. The summed E-state index contributed by atoms with van der Waals surface area (Å²) in [4.78, 5) is 27.0. The van der Waals surface area contributed by atoms with Crippen LogP contribution in [0.1, 0.15) is 61.8 Å². The molecular weight excluding hydrogens is 414 g/mol. The number of aromatic nitrogens is 2. The summed E-state index contributed by atoms with van der Waals surface area (Å²) in [6.07, 6.45) is 7.72. The van der Waals surface area contributed by atoms with Crippen molar-refractivity contribution in [1.29, 1.82) is 0 Å². The molecule has 0 radical (unpaired) electrons. The Labute approximate surface area is 187 Å². The molecule has 1 aromatic heterocycles. The Morgan fingerprint density at radius 3 is 2.48 bits per heavy atom. The molecule has 3 unspecified atom stereocenters. The minimum Gasteiger partial charge on any atom is -0.365 e. The second-order valence-corrected chi connectivity index (χ2v) is 9.24. The first-order chi connectivity index (χ1) is 14.9. The molecule has 3 N–H and O–H groups in total. The molecule has 8 heteroatoms. The Kier molecular flexibility index (Phi) is 6.51. The quantitative estimate of drug-likeness (QED) is 0.717. The molecule has 166 valence electrons. The molecule has 2 aromatic rings. The maximum Gasteiger partial charge on any atom is 0.254 e. The summed E-state index contributed by atoms with van der Waals surface area (Å²) in [5.74, 6) is 0.588. The van der Waals surface area contributed by atoms with Crippen LogP contribution in [0.15, 0.2) is 30.5 Å². The number of hydrogen-bond donors (Lipinski definition) is 2. The molecule has 31 heavy (non-hydrogen) atoms. The van der Waals surface area contributed by atoms with Crippen LogP contribution in [0, 0.1) is 11.8 Å². The molecular formula is C23H30ClN5O2. The molecule has 1 saturated carbocycles. The van der Waals surface area contributed by atoms with Crippen molar-refractivity contribution in [1.82, 2.24) is 14.7 Å². The largest absolute Gasteiger partial charge is 0.365 e. The summed E-state index contributed by atoms with van der Waals surface area (Å²) in [6, 6.07) is 7.32. The first-order valence-corrected chi connectivity index (χ1v) is 11.5. The average Bonchev–Trinajstić information content (AvgIpc) is 3.19. The molecule has 2 aliphatic rings. The molecule has 0 spiro atoms. The van der Waals surface area contributed by atoms with Crippen molar-refractivity contribution in [2.24, 2.45) is 17.6 Å². The number of piperidine rings is 1. The Morgan fingerprint density at radius 1 is 1.13 bits per heavy atom. The van der Waals surface area contributed by atoms with Crippen LogP contribution in [0.3, 0.4) is 0 Å². The lowest BCUT2D eigenvalue weighted by Gasteiger charge is -2.37. The highest BCUT2D eigenvalue weighted by molar-refractivity contribution is 6.30. The number of halogens is 1. The monoisotopic (exact) mass is 443 g/mol. The first-order valence-electron chi connectivity index (χ1n) is 11.1. The number of primary amides is 1. The Balaban J connectivity index is 1.47. The summed E-state index contributed by atoms with van der Waals surface area (Å²) in [5, 5.41) is 8.47. The number of nitrogens with zero attached hydrogens (tertiary/aromatic N) is 3. The van der Waals surface area contributed by atoms with Crippen LogP contribution in [0.5, 0.6) is 0 Å². The summed E-state index contributed by atoms with van der Waals surface area (Å²) in [5.41, 5.74) is 6.74. The van der Waals surface area contributed by atoms with E-state index in [9.17, 15) is 9.59 Å². The molecule has 2 amide bonds. The fourth-order valence-electron chi connectivity index (χ4n) is 4.87. The molecule has 7 nitrogen and oxygen atoms in total.